The smallest absolute Gasteiger partial charge is 0.411 e. The van der Waals surface area contributed by atoms with Gasteiger partial charge < -0.3 is 14.4 Å². The quantitative estimate of drug-likeness (QED) is 0.702. The Labute approximate surface area is 185 Å². The van der Waals surface area contributed by atoms with Crippen molar-refractivity contribution in [2.24, 2.45) is 0 Å². The number of hydrogen-bond donors (Lipinski definition) is 0. The van der Waals surface area contributed by atoms with Gasteiger partial charge in [0.25, 0.3) is 0 Å². The minimum atomic E-state index is -0.402. The van der Waals surface area contributed by atoms with Crippen LogP contribution >= 0.6 is 12.4 Å². The molecule has 0 radical (unpaired) electrons. The van der Waals surface area contributed by atoms with Crippen molar-refractivity contribution in [1.82, 2.24) is 9.80 Å². The lowest BCUT2D eigenvalue weighted by atomic mass is 9.81. The van der Waals surface area contributed by atoms with Gasteiger partial charge in [-0.05, 0) is 43.7 Å². The predicted octanol–water partition coefficient (Wildman–Crippen LogP) is 4.45. The van der Waals surface area contributed by atoms with E-state index in [-0.39, 0.29) is 24.5 Å². The average molecular weight is 431 g/mol. The molecule has 2 saturated heterocycles. The van der Waals surface area contributed by atoms with Gasteiger partial charge in [-0.15, -0.1) is 12.4 Å². The van der Waals surface area contributed by atoms with Gasteiger partial charge in [0.2, 0.25) is 0 Å². The van der Waals surface area contributed by atoms with E-state index in [0.717, 1.165) is 43.7 Å². The molecule has 162 valence electrons. The maximum atomic E-state index is 13.0. The Balaban J connectivity index is 0.00000256. The van der Waals surface area contributed by atoms with Crippen molar-refractivity contribution in [2.75, 3.05) is 27.2 Å². The molecule has 6 heteroatoms. The van der Waals surface area contributed by atoms with Crippen LogP contribution in [0.2, 0.25) is 0 Å². The van der Waals surface area contributed by atoms with Crippen molar-refractivity contribution in [3.63, 3.8) is 0 Å². The van der Waals surface area contributed by atoms with Gasteiger partial charge >= 0.3 is 6.09 Å². The highest BCUT2D eigenvalue weighted by atomic mass is 35.5. The third kappa shape index (κ3) is 4.57. The summed E-state index contributed by atoms with van der Waals surface area (Å²) in [6, 6.07) is 16.6. The Hall–Kier alpha value is -2.24. The van der Waals surface area contributed by atoms with E-state index in [9.17, 15) is 4.79 Å². The Bertz CT molecular complexity index is 846. The number of benzene rings is 2. The second kappa shape index (κ2) is 9.27. The maximum absolute atomic E-state index is 13.0. The molecule has 1 atom stereocenters. The highest BCUT2D eigenvalue weighted by Crippen LogP contribution is 2.40. The first-order chi connectivity index (χ1) is 14.0. The summed E-state index contributed by atoms with van der Waals surface area (Å²) < 4.78 is 11.4. The van der Waals surface area contributed by atoms with Crippen LogP contribution in [0.3, 0.4) is 0 Å². The molecule has 1 unspecified atom stereocenters. The molecule has 0 N–H and O–H groups in total. The maximum Gasteiger partial charge on any atom is 0.411 e. The average Bonchev–Trinajstić information content (AvgIpc) is 2.97. The fourth-order valence-corrected chi connectivity index (χ4v) is 4.49. The predicted molar refractivity (Wildman–Crippen MR) is 120 cm³/mol. The minimum Gasteiger partial charge on any atom is -0.497 e. The number of nitrogens with zero attached hydrogens (tertiary/aromatic N) is 2. The third-order valence-corrected chi connectivity index (χ3v) is 6.40. The molecule has 0 saturated carbocycles. The number of methoxy groups -OCH3 is 1. The van der Waals surface area contributed by atoms with Crippen molar-refractivity contribution in [1.29, 1.82) is 0 Å². The summed E-state index contributed by atoms with van der Waals surface area (Å²) in [5.41, 5.74) is 3.18. The summed E-state index contributed by atoms with van der Waals surface area (Å²) >= 11 is 0. The van der Waals surface area contributed by atoms with Crippen LogP contribution in [-0.4, -0.2) is 54.8 Å². The lowest BCUT2D eigenvalue weighted by Crippen LogP contribution is -2.52. The molecule has 1 spiro atoms. The van der Waals surface area contributed by atoms with Crippen molar-refractivity contribution in [3.8, 4) is 5.75 Å². The number of piperidine rings is 1. The summed E-state index contributed by atoms with van der Waals surface area (Å²) in [6.45, 7) is 4.56. The highest BCUT2D eigenvalue weighted by molar-refractivity contribution is 5.85. The number of ether oxygens (including phenoxy) is 2. The van der Waals surface area contributed by atoms with Crippen LogP contribution in [0.25, 0.3) is 0 Å². The molecular formula is C24H31ClN2O3. The molecule has 2 aromatic carbocycles. The molecule has 2 aromatic rings. The van der Waals surface area contributed by atoms with Gasteiger partial charge in [-0.3, -0.25) is 4.90 Å². The summed E-state index contributed by atoms with van der Waals surface area (Å²) in [5, 5.41) is 0. The van der Waals surface area contributed by atoms with E-state index >= 15 is 0 Å². The Kier molecular flexibility index (Phi) is 6.94. The zero-order chi connectivity index (χ0) is 20.4. The van der Waals surface area contributed by atoms with E-state index in [1.807, 2.05) is 29.2 Å². The van der Waals surface area contributed by atoms with Crippen LogP contribution in [0.4, 0.5) is 4.79 Å². The van der Waals surface area contributed by atoms with E-state index in [2.05, 4.69) is 43.1 Å². The number of carbonyl (C=O) groups is 1. The van der Waals surface area contributed by atoms with E-state index in [0.29, 0.717) is 6.54 Å². The van der Waals surface area contributed by atoms with Crippen LogP contribution in [-0.2, 0) is 17.7 Å². The zero-order valence-corrected chi connectivity index (χ0v) is 18.8. The van der Waals surface area contributed by atoms with Crippen LogP contribution in [0.15, 0.2) is 48.5 Å². The number of hydrogen-bond acceptors (Lipinski definition) is 4. The van der Waals surface area contributed by atoms with Gasteiger partial charge in [0.1, 0.15) is 11.4 Å². The molecule has 2 heterocycles. The van der Waals surface area contributed by atoms with Crippen LogP contribution < -0.4 is 4.74 Å². The molecule has 0 aromatic heterocycles. The Morgan fingerprint density at radius 1 is 1.03 bits per heavy atom. The summed E-state index contributed by atoms with van der Waals surface area (Å²) in [6.07, 6.45) is 2.38. The Morgan fingerprint density at radius 2 is 1.63 bits per heavy atom. The number of rotatable bonds is 5. The van der Waals surface area contributed by atoms with Gasteiger partial charge in [-0.1, -0.05) is 42.0 Å². The molecule has 0 bridgehead atoms. The number of carbonyl (C=O) groups excluding carboxylic acids is 1. The molecule has 1 amide bonds. The van der Waals surface area contributed by atoms with Crippen molar-refractivity contribution >= 4 is 18.5 Å². The van der Waals surface area contributed by atoms with Crippen molar-refractivity contribution in [3.05, 3.63) is 65.2 Å². The molecule has 4 rings (SSSR count). The first-order valence-corrected chi connectivity index (χ1v) is 10.4. The SMILES string of the molecule is COc1ccc(CN2C(=O)OC3(CCN(C)CC3)C2Cc2ccc(C)cc2)cc1.Cl. The van der Waals surface area contributed by atoms with Crippen molar-refractivity contribution < 1.29 is 14.3 Å². The fraction of sp³-hybridized carbons (Fsp3) is 0.458. The number of amides is 1. The van der Waals surface area contributed by atoms with E-state index in [1.54, 1.807) is 7.11 Å². The van der Waals surface area contributed by atoms with Gasteiger partial charge in [-0.2, -0.15) is 0 Å². The molecule has 2 aliphatic heterocycles. The van der Waals surface area contributed by atoms with Crippen LogP contribution in [0, 0.1) is 6.92 Å². The molecule has 5 nitrogen and oxygen atoms in total. The number of likely N-dealkylation sites (tertiary alicyclic amines) is 1. The van der Waals surface area contributed by atoms with Gasteiger partial charge in [-0.25, -0.2) is 4.79 Å². The lowest BCUT2D eigenvalue weighted by molar-refractivity contribution is -0.0165. The molecule has 30 heavy (non-hydrogen) atoms. The topological polar surface area (TPSA) is 42.0 Å². The molecular weight excluding hydrogens is 400 g/mol. The van der Waals surface area contributed by atoms with Gasteiger partial charge in [0.15, 0.2) is 0 Å². The van der Waals surface area contributed by atoms with E-state index in [1.165, 1.54) is 11.1 Å². The minimum absolute atomic E-state index is 0. The van der Waals surface area contributed by atoms with Crippen LogP contribution in [0.1, 0.15) is 29.5 Å². The normalized spacial score (nSPS) is 20.7. The largest absolute Gasteiger partial charge is 0.497 e. The van der Waals surface area contributed by atoms with Crippen LogP contribution in [0.5, 0.6) is 5.75 Å². The first-order valence-electron chi connectivity index (χ1n) is 10.4. The third-order valence-electron chi connectivity index (χ3n) is 6.40. The second-order valence-corrected chi connectivity index (χ2v) is 8.42. The monoisotopic (exact) mass is 430 g/mol. The summed E-state index contributed by atoms with van der Waals surface area (Å²) in [5.74, 6) is 0.820. The molecule has 2 fully saturated rings. The zero-order valence-electron chi connectivity index (χ0n) is 18.0. The van der Waals surface area contributed by atoms with Crippen molar-refractivity contribution in [2.45, 2.75) is 44.4 Å². The summed E-state index contributed by atoms with van der Waals surface area (Å²) in [7, 11) is 3.79. The lowest BCUT2D eigenvalue weighted by Gasteiger charge is -2.40. The summed E-state index contributed by atoms with van der Waals surface area (Å²) in [4.78, 5) is 17.2. The van der Waals surface area contributed by atoms with E-state index in [4.69, 9.17) is 9.47 Å². The van der Waals surface area contributed by atoms with Gasteiger partial charge in [0.05, 0.1) is 13.2 Å². The number of halogens is 1. The molecule has 0 aliphatic carbocycles. The Morgan fingerprint density at radius 3 is 2.23 bits per heavy atom. The fourth-order valence-electron chi connectivity index (χ4n) is 4.49. The second-order valence-electron chi connectivity index (χ2n) is 8.42. The standard InChI is InChI=1S/C24H30N2O3.ClH/c1-18-4-6-19(7-5-18)16-22-24(12-14-25(2)15-13-24)29-23(27)26(22)17-20-8-10-21(28-3)11-9-20;/h4-11,22H,12-17H2,1-3H3;1H. The molecule has 2 aliphatic rings. The number of aryl methyl sites for hydroxylation is 1. The van der Waals surface area contributed by atoms with Gasteiger partial charge in [0, 0.05) is 32.5 Å². The first kappa shape index (κ1) is 22.4. The van der Waals surface area contributed by atoms with E-state index < -0.39 is 5.60 Å². The highest BCUT2D eigenvalue weighted by Gasteiger charge is 2.54.